The van der Waals surface area contributed by atoms with Crippen LogP contribution in [0.25, 0.3) is 11.0 Å². The number of benzene rings is 2. The summed E-state index contributed by atoms with van der Waals surface area (Å²) in [7, 11) is 0. The van der Waals surface area contributed by atoms with Crippen molar-refractivity contribution in [3.05, 3.63) is 59.4 Å². The Morgan fingerprint density at radius 2 is 1.94 bits per heavy atom. The fraction of sp³-hybridized carbons (Fsp3) is 0.444. The lowest BCUT2D eigenvalue weighted by Crippen LogP contribution is -2.43. The van der Waals surface area contributed by atoms with Gasteiger partial charge in [-0.3, -0.25) is 9.59 Å². The molecule has 172 valence electrons. The fourth-order valence-corrected chi connectivity index (χ4v) is 5.49. The highest BCUT2D eigenvalue weighted by atomic mass is 16.2. The summed E-state index contributed by atoms with van der Waals surface area (Å²) in [5.41, 5.74) is 5.10. The van der Waals surface area contributed by atoms with Gasteiger partial charge in [-0.25, -0.2) is 4.98 Å². The normalized spacial score (nSPS) is 21.2. The molecule has 2 aliphatic heterocycles. The van der Waals surface area contributed by atoms with Crippen LogP contribution >= 0.6 is 0 Å². The Kier molecular flexibility index (Phi) is 5.69. The van der Waals surface area contributed by atoms with Crippen molar-refractivity contribution in [3.8, 4) is 0 Å². The molecule has 2 fully saturated rings. The Morgan fingerprint density at radius 3 is 2.73 bits per heavy atom. The average molecular weight is 445 g/mol. The number of imidazole rings is 1. The molecule has 2 saturated heterocycles. The number of piperidine rings is 1. The molecule has 0 aliphatic carbocycles. The van der Waals surface area contributed by atoms with Gasteiger partial charge in [-0.1, -0.05) is 29.8 Å². The highest BCUT2D eigenvalue weighted by Gasteiger charge is 2.36. The second-order valence-electron chi connectivity index (χ2n) is 9.67. The summed E-state index contributed by atoms with van der Waals surface area (Å²) >= 11 is 0. The van der Waals surface area contributed by atoms with Crippen molar-refractivity contribution in [2.24, 2.45) is 0 Å². The molecule has 0 bridgehead atoms. The minimum Gasteiger partial charge on any atom is -0.338 e. The molecule has 0 saturated carbocycles. The van der Waals surface area contributed by atoms with Crippen LogP contribution in [0.5, 0.6) is 0 Å². The predicted octanol–water partition coefficient (Wildman–Crippen LogP) is 4.57. The van der Waals surface area contributed by atoms with E-state index in [1.54, 1.807) is 0 Å². The number of aromatic nitrogens is 2. The number of nitrogens with zero attached hydrogens (tertiary/aromatic N) is 4. The lowest BCUT2D eigenvalue weighted by molar-refractivity contribution is -0.135. The molecule has 33 heavy (non-hydrogen) atoms. The number of hydrogen-bond donors (Lipinski definition) is 0. The van der Waals surface area contributed by atoms with Gasteiger partial charge in [-0.15, -0.1) is 0 Å². The van der Waals surface area contributed by atoms with E-state index in [0.29, 0.717) is 13.0 Å². The molecular formula is C27H32N4O2. The van der Waals surface area contributed by atoms with Crippen LogP contribution in [0.15, 0.2) is 42.5 Å². The quantitative estimate of drug-likeness (QED) is 0.592. The maximum Gasteiger partial charge on any atom is 0.242 e. The minimum atomic E-state index is -0.0443. The summed E-state index contributed by atoms with van der Waals surface area (Å²) in [6.45, 7) is 7.94. The number of likely N-dealkylation sites (tertiary alicyclic amines) is 1. The van der Waals surface area contributed by atoms with Gasteiger partial charge < -0.3 is 14.4 Å². The number of carbonyl (C=O) groups is 2. The first-order chi connectivity index (χ1) is 15.9. The zero-order valence-corrected chi connectivity index (χ0v) is 19.8. The number of rotatable bonds is 4. The molecule has 0 spiro atoms. The van der Waals surface area contributed by atoms with E-state index >= 15 is 0 Å². The van der Waals surface area contributed by atoms with Gasteiger partial charge in [0.15, 0.2) is 0 Å². The van der Waals surface area contributed by atoms with Crippen molar-refractivity contribution in [1.29, 1.82) is 0 Å². The van der Waals surface area contributed by atoms with Crippen LogP contribution in [0.4, 0.5) is 5.69 Å². The van der Waals surface area contributed by atoms with E-state index in [9.17, 15) is 9.59 Å². The Balaban J connectivity index is 1.47. The maximum atomic E-state index is 13.3. The van der Waals surface area contributed by atoms with E-state index in [1.165, 1.54) is 12.0 Å². The average Bonchev–Trinajstić information content (AvgIpc) is 3.35. The maximum absolute atomic E-state index is 13.3. The third-order valence-corrected chi connectivity index (χ3v) is 7.23. The number of carbonyl (C=O) groups excluding carboxylic acids is 2. The Hall–Kier alpha value is -3.15. The van der Waals surface area contributed by atoms with Gasteiger partial charge in [0.05, 0.1) is 11.0 Å². The van der Waals surface area contributed by atoms with E-state index in [2.05, 4.69) is 37.5 Å². The second kappa shape index (κ2) is 8.65. The number of amides is 2. The summed E-state index contributed by atoms with van der Waals surface area (Å²) < 4.78 is 2.06. The summed E-state index contributed by atoms with van der Waals surface area (Å²) in [4.78, 5) is 35.2. The van der Waals surface area contributed by atoms with Crippen LogP contribution in [0.1, 0.15) is 55.5 Å². The lowest BCUT2D eigenvalue weighted by Gasteiger charge is -2.33. The second-order valence-corrected chi connectivity index (χ2v) is 9.67. The summed E-state index contributed by atoms with van der Waals surface area (Å²) in [6.07, 6.45) is 3.72. The molecule has 6 nitrogen and oxygen atoms in total. The highest BCUT2D eigenvalue weighted by molar-refractivity contribution is 5.97. The number of anilines is 1. The molecule has 3 heterocycles. The first-order valence-electron chi connectivity index (χ1n) is 12.0. The topological polar surface area (TPSA) is 58.4 Å². The number of aryl methyl sites for hydroxylation is 2. The van der Waals surface area contributed by atoms with E-state index in [1.807, 2.05) is 40.1 Å². The summed E-state index contributed by atoms with van der Waals surface area (Å²) in [5.74, 6) is 1.05. The Bertz CT molecular complexity index is 1210. The SMILES string of the molecule is Cc1ccc(N2CC(c3nc4ccccc4n3CC(=O)N3CCCCC3C)CC2=O)c(C)c1. The van der Waals surface area contributed by atoms with Gasteiger partial charge in [0, 0.05) is 37.2 Å². The van der Waals surface area contributed by atoms with Crippen LogP contribution in [-0.4, -0.2) is 45.4 Å². The predicted molar refractivity (Wildman–Crippen MR) is 130 cm³/mol. The van der Waals surface area contributed by atoms with Gasteiger partial charge >= 0.3 is 0 Å². The third-order valence-electron chi connectivity index (χ3n) is 7.23. The number of hydrogen-bond acceptors (Lipinski definition) is 3. The van der Waals surface area contributed by atoms with Crippen molar-refractivity contribution in [1.82, 2.24) is 14.5 Å². The minimum absolute atomic E-state index is 0.0443. The molecule has 2 amide bonds. The zero-order valence-electron chi connectivity index (χ0n) is 19.8. The summed E-state index contributed by atoms with van der Waals surface area (Å²) in [5, 5.41) is 0. The lowest BCUT2D eigenvalue weighted by atomic mass is 10.0. The van der Waals surface area contributed by atoms with Gasteiger partial charge in [0.1, 0.15) is 12.4 Å². The smallest absolute Gasteiger partial charge is 0.242 e. The van der Waals surface area contributed by atoms with Gasteiger partial charge in [-0.2, -0.15) is 0 Å². The fourth-order valence-electron chi connectivity index (χ4n) is 5.49. The molecule has 2 aromatic carbocycles. The molecule has 2 aliphatic rings. The third kappa shape index (κ3) is 4.03. The number of para-hydroxylation sites is 2. The van der Waals surface area contributed by atoms with Gasteiger partial charge in [-0.05, 0) is 63.8 Å². The van der Waals surface area contributed by atoms with Gasteiger partial charge in [0.25, 0.3) is 0 Å². The molecule has 0 N–H and O–H groups in total. The van der Waals surface area contributed by atoms with Crippen LogP contribution in [0.3, 0.4) is 0 Å². The van der Waals surface area contributed by atoms with Crippen molar-refractivity contribution < 1.29 is 9.59 Å². The molecule has 2 atom stereocenters. The van der Waals surface area contributed by atoms with E-state index in [0.717, 1.165) is 47.5 Å². The first-order valence-corrected chi connectivity index (χ1v) is 12.0. The van der Waals surface area contributed by atoms with E-state index < -0.39 is 0 Å². The standard InChI is InChI=1S/C27H32N4O2/c1-18-11-12-23(19(2)14-18)30-16-21(15-25(30)32)27-28-22-9-4-5-10-24(22)31(27)17-26(33)29-13-7-6-8-20(29)3/h4-5,9-12,14,20-21H,6-8,13,15-17H2,1-3H3. The molecule has 1 aromatic heterocycles. The monoisotopic (exact) mass is 444 g/mol. The molecule has 3 aromatic rings. The van der Waals surface area contributed by atoms with Crippen molar-refractivity contribution in [2.45, 2.75) is 65.0 Å². The van der Waals surface area contributed by atoms with Crippen molar-refractivity contribution in [3.63, 3.8) is 0 Å². The van der Waals surface area contributed by atoms with Crippen molar-refractivity contribution in [2.75, 3.05) is 18.0 Å². The summed E-state index contributed by atoms with van der Waals surface area (Å²) in [6, 6.07) is 14.5. The van der Waals surface area contributed by atoms with E-state index in [4.69, 9.17) is 4.98 Å². The van der Waals surface area contributed by atoms with Gasteiger partial charge in [0.2, 0.25) is 11.8 Å². The first kappa shape index (κ1) is 21.7. The molecule has 0 radical (unpaired) electrons. The Labute approximate surface area is 195 Å². The Morgan fingerprint density at radius 1 is 1.12 bits per heavy atom. The molecule has 5 rings (SSSR count). The van der Waals surface area contributed by atoms with Crippen molar-refractivity contribution >= 4 is 28.5 Å². The van der Waals surface area contributed by atoms with Crippen LogP contribution in [0, 0.1) is 13.8 Å². The molecular weight excluding hydrogens is 412 g/mol. The largest absolute Gasteiger partial charge is 0.338 e. The van der Waals surface area contributed by atoms with E-state index in [-0.39, 0.29) is 30.3 Å². The van der Waals surface area contributed by atoms with Crippen LogP contribution in [0.2, 0.25) is 0 Å². The molecule has 6 heteroatoms. The molecule has 2 unspecified atom stereocenters. The van der Waals surface area contributed by atoms with Crippen LogP contribution in [-0.2, 0) is 16.1 Å². The van der Waals surface area contributed by atoms with Crippen LogP contribution < -0.4 is 4.90 Å². The zero-order chi connectivity index (χ0) is 23.1. The number of fused-ring (bicyclic) bond motifs is 1. The highest BCUT2D eigenvalue weighted by Crippen LogP contribution is 2.35.